The summed E-state index contributed by atoms with van der Waals surface area (Å²) < 4.78 is 7.66. The van der Waals surface area contributed by atoms with E-state index in [9.17, 15) is 9.59 Å². The summed E-state index contributed by atoms with van der Waals surface area (Å²) in [5.74, 6) is 0.414. The first-order valence-corrected chi connectivity index (χ1v) is 17.6. The minimum atomic E-state index is -0.958. The second-order valence-corrected chi connectivity index (χ2v) is 12.5. The molecule has 2 heterocycles. The second kappa shape index (κ2) is 18.1. The molecule has 0 saturated heterocycles. The molecule has 6 rings (SSSR count). The largest absolute Gasteiger partial charge is 0.464 e. The van der Waals surface area contributed by atoms with E-state index in [1.165, 1.54) is 0 Å². The van der Waals surface area contributed by atoms with E-state index in [-0.39, 0.29) is 25.0 Å². The molecule has 0 aliphatic heterocycles. The van der Waals surface area contributed by atoms with Gasteiger partial charge in [0.15, 0.2) is 0 Å². The number of esters is 1. The van der Waals surface area contributed by atoms with Crippen molar-refractivity contribution in [3.05, 3.63) is 120 Å². The molecule has 2 aromatic heterocycles. The number of nitrogens with zero attached hydrogens (tertiary/aromatic N) is 6. The molecule has 6 aromatic rings. The van der Waals surface area contributed by atoms with Gasteiger partial charge in [-0.2, -0.15) is 5.21 Å². The van der Waals surface area contributed by atoms with E-state index < -0.39 is 17.9 Å². The molecule has 274 valence electrons. The highest BCUT2D eigenvalue weighted by Gasteiger charge is 2.26. The van der Waals surface area contributed by atoms with E-state index >= 15 is 0 Å². The highest BCUT2D eigenvalue weighted by Crippen LogP contribution is 2.30. The van der Waals surface area contributed by atoms with Gasteiger partial charge in [-0.3, -0.25) is 20.0 Å². The summed E-state index contributed by atoms with van der Waals surface area (Å²) in [6, 6.07) is 30.1. The Bertz CT molecular complexity index is 2090. The van der Waals surface area contributed by atoms with Crippen molar-refractivity contribution in [3.8, 4) is 22.5 Å². The predicted octanol–water partition coefficient (Wildman–Crippen LogP) is 5.95. The number of H-pyrrole nitrogens is 1. The first kappa shape index (κ1) is 37.0. The standard InChI is InChI=1S/C39H42N8O6/c1-2-3-18-35-40-33-17-11-16-32(38(48)41-34(25-27-12-5-4-6-13-27)39(49)52-23-9-10-24-53-47(50)51)36(33)46(35)26-28-19-21-29(22-20-28)30-14-7-8-15-31(30)37-42-44-45-43-37/h4-8,11-17,19-22,34,50-51H,2-3,9-10,18,23-26H2,1H3,(H,41,48)(H,42,43,44,45). The number of nitrogens with one attached hydrogen (secondary N) is 2. The number of hydrogen-bond acceptors (Lipinski definition) is 11. The molecule has 4 N–H and O–H groups in total. The number of aromatic amines is 1. The molecule has 0 radical (unpaired) electrons. The summed E-state index contributed by atoms with van der Waals surface area (Å²) in [4.78, 5) is 37.1. The van der Waals surface area contributed by atoms with Crippen LogP contribution in [0.1, 0.15) is 59.9 Å². The molecular formula is C39H42N8O6. The maximum absolute atomic E-state index is 14.2. The molecular weight excluding hydrogens is 676 g/mol. The number of tetrazole rings is 1. The van der Waals surface area contributed by atoms with E-state index in [0.717, 1.165) is 52.9 Å². The van der Waals surface area contributed by atoms with Gasteiger partial charge in [-0.1, -0.05) is 98.3 Å². The van der Waals surface area contributed by atoms with Crippen molar-refractivity contribution < 1.29 is 29.6 Å². The van der Waals surface area contributed by atoms with Crippen molar-refractivity contribution in [1.82, 2.24) is 40.9 Å². The number of carbonyl (C=O) groups is 2. The van der Waals surface area contributed by atoms with Crippen LogP contribution in [0.3, 0.4) is 0 Å². The van der Waals surface area contributed by atoms with Crippen molar-refractivity contribution in [1.29, 1.82) is 0 Å². The SMILES string of the molecule is CCCCc1nc2cccc(C(=O)NC(Cc3ccccc3)C(=O)OCCCCON(O)O)c2n1Cc1ccc(-c2ccccc2-c2nn[nH]n2)cc1. The first-order chi connectivity index (χ1) is 25.9. The molecule has 14 nitrogen and oxygen atoms in total. The third-order valence-electron chi connectivity index (χ3n) is 8.83. The molecule has 0 bridgehead atoms. The number of imidazole rings is 1. The number of fused-ring (bicyclic) bond motifs is 1. The molecule has 1 amide bonds. The van der Waals surface area contributed by atoms with Gasteiger partial charge in [0.05, 0.1) is 35.2 Å². The molecule has 0 aliphatic carbocycles. The van der Waals surface area contributed by atoms with Crippen LogP contribution in [0.2, 0.25) is 0 Å². The van der Waals surface area contributed by atoms with Crippen molar-refractivity contribution in [2.75, 3.05) is 13.2 Å². The van der Waals surface area contributed by atoms with Crippen LogP contribution >= 0.6 is 0 Å². The number of carbonyl (C=O) groups excluding carboxylic acids is 2. The van der Waals surface area contributed by atoms with E-state index in [0.29, 0.717) is 41.8 Å². The highest BCUT2D eigenvalue weighted by molar-refractivity contribution is 6.06. The number of aryl methyl sites for hydroxylation is 1. The summed E-state index contributed by atoms with van der Waals surface area (Å²) in [6.45, 7) is 2.72. The number of ether oxygens (including phenoxy) is 1. The lowest BCUT2D eigenvalue weighted by Crippen LogP contribution is -2.43. The number of benzene rings is 4. The number of amides is 1. The zero-order valence-electron chi connectivity index (χ0n) is 29.4. The summed E-state index contributed by atoms with van der Waals surface area (Å²) >= 11 is 0. The van der Waals surface area contributed by atoms with Gasteiger partial charge in [0, 0.05) is 24.9 Å². The molecule has 1 unspecified atom stereocenters. The Balaban J connectivity index is 1.26. The highest BCUT2D eigenvalue weighted by atomic mass is 17.1. The van der Waals surface area contributed by atoms with Crippen LogP contribution in [-0.4, -0.2) is 77.1 Å². The molecule has 0 saturated carbocycles. The fraction of sp³-hybridized carbons (Fsp3) is 0.282. The lowest BCUT2D eigenvalue weighted by Gasteiger charge is -2.19. The summed E-state index contributed by atoms with van der Waals surface area (Å²) in [5, 5.41) is 34.6. The maximum Gasteiger partial charge on any atom is 0.328 e. The van der Waals surface area contributed by atoms with Gasteiger partial charge in [-0.15, -0.1) is 10.2 Å². The lowest BCUT2D eigenvalue weighted by atomic mass is 9.98. The van der Waals surface area contributed by atoms with Crippen LogP contribution in [0.4, 0.5) is 0 Å². The van der Waals surface area contributed by atoms with Gasteiger partial charge >= 0.3 is 5.97 Å². The number of unbranched alkanes of at least 4 members (excludes halogenated alkanes) is 2. The Labute approximate surface area is 306 Å². The third-order valence-corrected chi connectivity index (χ3v) is 8.83. The van der Waals surface area contributed by atoms with Crippen molar-refractivity contribution >= 4 is 22.9 Å². The average Bonchev–Trinajstić information content (AvgIpc) is 3.84. The Morgan fingerprint density at radius 1 is 0.868 bits per heavy atom. The first-order valence-electron chi connectivity index (χ1n) is 17.6. The Morgan fingerprint density at radius 2 is 1.62 bits per heavy atom. The van der Waals surface area contributed by atoms with E-state index in [4.69, 9.17) is 20.1 Å². The van der Waals surface area contributed by atoms with Gasteiger partial charge in [0.2, 0.25) is 5.82 Å². The van der Waals surface area contributed by atoms with Crippen LogP contribution in [-0.2, 0) is 33.8 Å². The van der Waals surface area contributed by atoms with Crippen LogP contribution < -0.4 is 5.32 Å². The van der Waals surface area contributed by atoms with Crippen molar-refractivity contribution in [2.24, 2.45) is 0 Å². The number of hydrogen-bond donors (Lipinski definition) is 4. The van der Waals surface area contributed by atoms with Crippen LogP contribution in [0, 0.1) is 0 Å². The molecule has 1 atom stereocenters. The van der Waals surface area contributed by atoms with E-state index in [2.05, 4.69) is 66.5 Å². The Morgan fingerprint density at radius 3 is 2.36 bits per heavy atom. The topological polar surface area (TPSA) is 181 Å². The minimum absolute atomic E-state index is 0.0340. The molecule has 14 heteroatoms. The monoisotopic (exact) mass is 718 g/mol. The smallest absolute Gasteiger partial charge is 0.328 e. The molecule has 0 fully saturated rings. The van der Waals surface area contributed by atoms with Crippen molar-refractivity contribution in [2.45, 2.75) is 58.0 Å². The molecule has 4 aromatic carbocycles. The van der Waals surface area contributed by atoms with Crippen LogP contribution in [0.25, 0.3) is 33.5 Å². The fourth-order valence-electron chi connectivity index (χ4n) is 6.19. The summed E-state index contributed by atoms with van der Waals surface area (Å²) in [7, 11) is 0. The quantitative estimate of drug-likeness (QED) is 0.0469. The minimum Gasteiger partial charge on any atom is -0.464 e. The van der Waals surface area contributed by atoms with Gasteiger partial charge in [0.1, 0.15) is 11.9 Å². The zero-order chi connectivity index (χ0) is 37.0. The summed E-state index contributed by atoms with van der Waals surface area (Å²) in [6.07, 6.45) is 3.75. The predicted molar refractivity (Wildman–Crippen MR) is 195 cm³/mol. The summed E-state index contributed by atoms with van der Waals surface area (Å²) in [5.41, 5.74) is 6.54. The third kappa shape index (κ3) is 9.55. The van der Waals surface area contributed by atoms with E-state index in [1.54, 1.807) is 12.1 Å². The average molecular weight is 719 g/mol. The number of para-hydroxylation sites is 1. The Hall–Kier alpha value is -5.80. The molecule has 0 aliphatic rings. The number of aromatic nitrogens is 6. The van der Waals surface area contributed by atoms with Gasteiger partial charge < -0.3 is 14.6 Å². The molecule has 53 heavy (non-hydrogen) atoms. The number of rotatable bonds is 18. The van der Waals surface area contributed by atoms with Gasteiger partial charge in [-0.05, 0) is 58.9 Å². The second-order valence-electron chi connectivity index (χ2n) is 12.5. The normalized spacial score (nSPS) is 11.9. The fourth-order valence-corrected chi connectivity index (χ4v) is 6.19. The van der Waals surface area contributed by atoms with Gasteiger partial charge in [-0.25, -0.2) is 9.78 Å². The van der Waals surface area contributed by atoms with Crippen LogP contribution in [0.15, 0.2) is 97.1 Å². The van der Waals surface area contributed by atoms with Gasteiger partial charge in [0.25, 0.3) is 5.91 Å². The van der Waals surface area contributed by atoms with E-state index in [1.807, 2.05) is 60.7 Å². The molecule has 0 spiro atoms. The Kier molecular flexibility index (Phi) is 12.6. The van der Waals surface area contributed by atoms with Crippen LogP contribution in [0.5, 0.6) is 0 Å². The van der Waals surface area contributed by atoms with Crippen molar-refractivity contribution in [3.63, 3.8) is 0 Å². The zero-order valence-corrected chi connectivity index (χ0v) is 29.4. The maximum atomic E-state index is 14.2. The lowest BCUT2D eigenvalue weighted by molar-refractivity contribution is -0.492.